The summed E-state index contributed by atoms with van der Waals surface area (Å²) in [4.78, 5) is 61.7. The maximum Gasteiger partial charge on any atom is 0.237 e. The fraction of sp³-hybridized carbons (Fsp3) is 0.645. The number of benzene rings is 1. The van der Waals surface area contributed by atoms with Gasteiger partial charge in [-0.15, -0.1) is 0 Å². The van der Waals surface area contributed by atoms with Gasteiger partial charge in [0, 0.05) is 38.9 Å². The van der Waals surface area contributed by atoms with Crippen molar-refractivity contribution in [1.29, 1.82) is 0 Å². The van der Waals surface area contributed by atoms with Crippen LogP contribution in [0, 0.1) is 11.3 Å². The highest BCUT2D eigenvalue weighted by Crippen LogP contribution is 2.37. The summed E-state index contributed by atoms with van der Waals surface area (Å²) >= 11 is 0. The third kappa shape index (κ3) is 7.11. The average molecular weight is 614 g/mol. The Kier molecular flexibility index (Phi) is 8.97. The molecular formula is C31H43N5O6S. The molecule has 1 aromatic carbocycles. The zero-order valence-corrected chi connectivity index (χ0v) is 26.1. The fourth-order valence-corrected chi connectivity index (χ4v) is 7.66. The van der Waals surface area contributed by atoms with Crippen molar-refractivity contribution in [2.24, 2.45) is 11.3 Å². The lowest BCUT2D eigenvalue weighted by atomic mass is 9.77. The average Bonchev–Trinajstić information content (AvgIpc) is 3.62. The molecule has 43 heavy (non-hydrogen) atoms. The number of amides is 3. The molecule has 1 aliphatic carbocycles. The van der Waals surface area contributed by atoms with E-state index in [-0.39, 0.29) is 49.4 Å². The molecule has 1 N–H and O–H groups in total. The largest absolute Gasteiger partial charge is 0.343 e. The number of carbonyl (C=O) groups is 4. The molecule has 11 nitrogen and oxygen atoms in total. The van der Waals surface area contributed by atoms with E-state index in [2.05, 4.69) is 9.71 Å². The highest BCUT2D eigenvalue weighted by molar-refractivity contribution is 7.90. The Morgan fingerprint density at radius 1 is 1.02 bits per heavy atom. The van der Waals surface area contributed by atoms with Gasteiger partial charge < -0.3 is 14.4 Å². The van der Waals surface area contributed by atoms with Gasteiger partial charge in [0.15, 0.2) is 5.78 Å². The molecule has 3 atom stereocenters. The van der Waals surface area contributed by atoms with E-state index in [4.69, 9.17) is 0 Å². The van der Waals surface area contributed by atoms with Crippen molar-refractivity contribution in [2.45, 2.75) is 95.9 Å². The monoisotopic (exact) mass is 613 g/mol. The first-order valence-electron chi connectivity index (χ1n) is 15.4. The van der Waals surface area contributed by atoms with Crippen LogP contribution in [0.15, 0.2) is 30.6 Å². The van der Waals surface area contributed by atoms with Crippen molar-refractivity contribution < 1.29 is 27.6 Å². The second-order valence-corrected chi connectivity index (χ2v) is 15.3. The molecule has 3 amide bonds. The molecule has 0 spiro atoms. The minimum absolute atomic E-state index is 0.0410. The molecule has 12 heteroatoms. The topological polar surface area (TPSA) is 139 Å². The molecule has 3 aliphatic rings. The molecule has 3 fully saturated rings. The lowest BCUT2D eigenvalue weighted by Crippen LogP contribution is -2.48. The number of aromatic nitrogens is 2. The smallest absolute Gasteiger partial charge is 0.237 e. The van der Waals surface area contributed by atoms with E-state index in [1.807, 2.05) is 54.5 Å². The molecule has 0 unspecified atom stereocenters. The Balaban J connectivity index is 1.36. The van der Waals surface area contributed by atoms with Gasteiger partial charge in [-0.05, 0) is 56.1 Å². The van der Waals surface area contributed by atoms with Crippen LogP contribution in [0.4, 0.5) is 0 Å². The standard InChI is InChI=1S/C31H43N5O6S/c1-31(2,3)23(18-29(39)34-15-7-4-8-16-34)30(40)35-19-21(36-20-32-24-9-5-6-10-25(24)36)17-26(35)27(37)13-14-28(38)33-43(41,42)22-11-12-22/h5-6,9-10,20-23,26H,4,7-8,11-19H2,1-3H3,(H,33,38)/t21-,23-,26+/m1/s1. The Morgan fingerprint density at radius 2 is 1.72 bits per heavy atom. The second kappa shape index (κ2) is 12.4. The molecule has 0 bridgehead atoms. The van der Waals surface area contributed by atoms with Gasteiger partial charge in [0.25, 0.3) is 0 Å². The van der Waals surface area contributed by atoms with Gasteiger partial charge >= 0.3 is 0 Å². The Morgan fingerprint density at radius 3 is 2.40 bits per heavy atom. The van der Waals surface area contributed by atoms with E-state index >= 15 is 0 Å². The van der Waals surface area contributed by atoms with Gasteiger partial charge in [-0.1, -0.05) is 32.9 Å². The number of hydrogen-bond donors (Lipinski definition) is 1. The minimum atomic E-state index is -3.71. The zero-order valence-electron chi connectivity index (χ0n) is 25.3. The maximum absolute atomic E-state index is 14.3. The highest BCUT2D eigenvalue weighted by atomic mass is 32.2. The number of hydrogen-bond acceptors (Lipinski definition) is 7. The van der Waals surface area contributed by atoms with Gasteiger partial charge in [-0.3, -0.25) is 23.9 Å². The Bertz CT molecular complexity index is 1490. The fourth-order valence-electron chi connectivity index (χ4n) is 6.32. The number of imidazole rings is 1. The van der Waals surface area contributed by atoms with Gasteiger partial charge in [0.05, 0.1) is 40.6 Å². The van der Waals surface area contributed by atoms with Crippen molar-refractivity contribution in [1.82, 2.24) is 24.1 Å². The van der Waals surface area contributed by atoms with Crippen molar-refractivity contribution in [3.63, 3.8) is 0 Å². The molecule has 234 valence electrons. The molecule has 5 rings (SSSR count). The number of para-hydroxylation sites is 2. The molecule has 2 aliphatic heterocycles. The molecule has 1 aromatic heterocycles. The van der Waals surface area contributed by atoms with Crippen molar-refractivity contribution >= 4 is 44.6 Å². The molecule has 0 radical (unpaired) electrons. The second-order valence-electron chi connectivity index (χ2n) is 13.3. The Hall–Kier alpha value is -3.28. The van der Waals surface area contributed by atoms with Crippen LogP contribution in [0.2, 0.25) is 0 Å². The van der Waals surface area contributed by atoms with Crippen LogP contribution in [0.3, 0.4) is 0 Å². The first-order chi connectivity index (χ1) is 20.3. The van der Waals surface area contributed by atoms with E-state index in [1.165, 1.54) is 0 Å². The lowest BCUT2D eigenvalue weighted by molar-refractivity contribution is -0.148. The van der Waals surface area contributed by atoms with E-state index in [0.29, 0.717) is 32.4 Å². The quantitative estimate of drug-likeness (QED) is 0.434. The third-order valence-electron chi connectivity index (χ3n) is 9.06. The van der Waals surface area contributed by atoms with E-state index in [0.717, 1.165) is 30.3 Å². The van der Waals surface area contributed by atoms with Crippen LogP contribution in [0.5, 0.6) is 0 Å². The van der Waals surface area contributed by atoms with E-state index in [1.54, 1.807) is 11.2 Å². The number of sulfonamides is 1. The van der Waals surface area contributed by atoms with Crippen LogP contribution in [0.1, 0.15) is 84.6 Å². The summed E-state index contributed by atoms with van der Waals surface area (Å²) in [6.45, 7) is 7.49. The SMILES string of the molecule is CC(C)(C)[C@H](CC(=O)N1CCCCC1)C(=O)N1C[C@H](n2cnc3ccccc32)C[C@H]1C(=O)CCC(=O)NS(=O)(=O)C1CC1. The van der Waals surface area contributed by atoms with Gasteiger partial charge in [-0.25, -0.2) is 13.4 Å². The number of rotatable bonds is 10. The van der Waals surface area contributed by atoms with Crippen molar-refractivity contribution in [2.75, 3.05) is 19.6 Å². The predicted octanol–water partition coefficient (Wildman–Crippen LogP) is 3.20. The summed E-state index contributed by atoms with van der Waals surface area (Å²) in [6.07, 6.45) is 5.73. The summed E-state index contributed by atoms with van der Waals surface area (Å²) in [5.74, 6) is -1.94. The summed E-state index contributed by atoms with van der Waals surface area (Å²) < 4.78 is 28.5. The van der Waals surface area contributed by atoms with Crippen molar-refractivity contribution in [3.8, 4) is 0 Å². The zero-order chi connectivity index (χ0) is 30.9. The van der Waals surface area contributed by atoms with Crippen LogP contribution < -0.4 is 4.72 Å². The number of piperidine rings is 1. The molecule has 2 saturated heterocycles. The molecular weight excluding hydrogens is 570 g/mol. The maximum atomic E-state index is 14.3. The summed E-state index contributed by atoms with van der Waals surface area (Å²) in [6, 6.07) is 6.63. The van der Waals surface area contributed by atoms with Crippen LogP contribution >= 0.6 is 0 Å². The van der Waals surface area contributed by atoms with Gasteiger partial charge in [-0.2, -0.15) is 0 Å². The van der Waals surface area contributed by atoms with Gasteiger partial charge in [0.1, 0.15) is 0 Å². The van der Waals surface area contributed by atoms with E-state index in [9.17, 15) is 27.6 Å². The lowest BCUT2D eigenvalue weighted by Gasteiger charge is -2.36. The highest BCUT2D eigenvalue weighted by Gasteiger charge is 2.46. The van der Waals surface area contributed by atoms with Crippen LogP contribution in [0.25, 0.3) is 11.0 Å². The number of carbonyl (C=O) groups excluding carboxylic acids is 4. The number of likely N-dealkylation sites (tertiary alicyclic amines) is 2. The number of nitrogens with zero attached hydrogens (tertiary/aromatic N) is 4. The summed E-state index contributed by atoms with van der Waals surface area (Å²) in [5, 5.41) is -0.539. The number of fused-ring (bicyclic) bond motifs is 1. The first-order valence-corrected chi connectivity index (χ1v) is 17.0. The number of ketones is 1. The first kappa shape index (κ1) is 31.2. The molecule has 2 aromatic rings. The van der Waals surface area contributed by atoms with E-state index < -0.39 is 38.6 Å². The van der Waals surface area contributed by atoms with Crippen LogP contribution in [-0.4, -0.2) is 82.2 Å². The number of Topliss-reactive ketones (excluding diaryl/α,β-unsaturated/α-hetero) is 1. The predicted molar refractivity (Wildman–Crippen MR) is 161 cm³/mol. The summed E-state index contributed by atoms with van der Waals surface area (Å²) in [7, 11) is -3.71. The number of nitrogens with one attached hydrogen (secondary N) is 1. The molecule has 1 saturated carbocycles. The van der Waals surface area contributed by atoms with Crippen LogP contribution in [-0.2, 0) is 29.2 Å². The normalized spacial score (nSPS) is 22.0. The summed E-state index contributed by atoms with van der Waals surface area (Å²) in [5.41, 5.74) is 1.17. The molecule has 3 heterocycles. The van der Waals surface area contributed by atoms with Crippen molar-refractivity contribution in [3.05, 3.63) is 30.6 Å². The minimum Gasteiger partial charge on any atom is -0.343 e. The third-order valence-corrected chi connectivity index (χ3v) is 10.9. The van der Waals surface area contributed by atoms with Gasteiger partial charge in [0.2, 0.25) is 27.7 Å². The Labute approximate surface area is 253 Å².